The maximum absolute atomic E-state index is 3.79. The van der Waals surface area contributed by atoms with Crippen LogP contribution in [0, 0.1) is 19.3 Å². The molecule has 2 aromatic rings. The van der Waals surface area contributed by atoms with Crippen LogP contribution in [0.4, 0.5) is 0 Å². The number of alkyl halides is 2. The summed E-state index contributed by atoms with van der Waals surface area (Å²) in [5, 5.41) is 5.65. The molecule has 0 aromatic heterocycles. The fourth-order valence-electron chi connectivity index (χ4n) is 6.39. The number of fused-ring (bicyclic) bond motifs is 4. The average molecular weight is 598 g/mol. The minimum atomic E-state index is -0.0966. The van der Waals surface area contributed by atoms with Gasteiger partial charge in [-0.25, -0.2) is 0 Å². The van der Waals surface area contributed by atoms with Gasteiger partial charge in [0.15, 0.2) is 0 Å². The first-order valence-corrected chi connectivity index (χ1v) is 15.0. The molecular formula is C29H26Br2S2. The summed E-state index contributed by atoms with van der Waals surface area (Å²) in [5.74, 6) is 0. The molecule has 0 saturated carbocycles. The summed E-state index contributed by atoms with van der Waals surface area (Å²) in [5.41, 5.74) is 11.3. The first-order valence-electron chi connectivity index (χ1n) is 11.4. The van der Waals surface area contributed by atoms with Gasteiger partial charge in [0, 0.05) is 15.2 Å². The highest BCUT2D eigenvalue weighted by Gasteiger charge is 2.36. The molecule has 4 heteroatoms. The van der Waals surface area contributed by atoms with Crippen LogP contribution in [0.25, 0.3) is 35.5 Å². The van der Waals surface area contributed by atoms with E-state index < -0.39 is 0 Å². The van der Waals surface area contributed by atoms with Gasteiger partial charge in [-0.1, -0.05) is 70.0 Å². The van der Waals surface area contributed by atoms with E-state index in [4.69, 9.17) is 0 Å². The Morgan fingerprint density at radius 1 is 0.697 bits per heavy atom. The molecule has 2 unspecified atom stereocenters. The molecule has 0 saturated heterocycles. The molecule has 6 rings (SSSR count). The Morgan fingerprint density at radius 2 is 1.09 bits per heavy atom. The molecule has 0 bridgehead atoms. The molecule has 0 fully saturated rings. The maximum Gasteiger partial charge on any atom is 0.0836 e. The lowest BCUT2D eigenvalue weighted by Crippen LogP contribution is -2.29. The van der Waals surface area contributed by atoms with Crippen LogP contribution in [-0.2, 0) is 0 Å². The van der Waals surface area contributed by atoms with Crippen molar-refractivity contribution in [3.63, 3.8) is 0 Å². The third kappa shape index (κ3) is 3.16. The molecule has 0 N–H and O–H groups in total. The third-order valence-electron chi connectivity index (χ3n) is 7.65. The van der Waals surface area contributed by atoms with E-state index in [0.717, 1.165) is 0 Å². The van der Waals surface area contributed by atoms with Crippen molar-refractivity contribution in [3.05, 3.63) is 66.4 Å². The monoisotopic (exact) mass is 596 g/mol. The summed E-state index contributed by atoms with van der Waals surface area (Å²) in [4.78, 5) is 2.80. The molecule has 0 nitrogen and oxygen atoms in total. The van der Waals surface area contributed by atoms with Crippen LogP contribution in [0.1, 0.15) is 49.9 Å². The van der Waals surface area contributed by atoms with Crippen molar-refractivity contribution < 1.29 is 0 Å². The van der Waals surface area contributed by atoms with Crippen LogP contribution in [0.15, 0.2) is 33.1 Å². The summed E-state index contributed by atoms with van der Waals surface area (Å²) >= 11 is 11.4. The molecule has 4 aliphatic rings. The normalized spacial score (nSPS) is 22.4. The van der Waals surface area contributed by atoms with Gasteiger partial charge in [-0.2, -0.15) is 0 Å². The van der Waals surface area contributed by atoms with E-state index in [9.17, 15) is 0 Å². The lowest BCUT2D eigenvalue weighted by molar-refractivity contribution is 0.665. The zero-order valence-corrected chi connectivity index (χ0v) is 24.5. The van der Waals surface area contributed by atoms with Crippen LogP contribution in [0.5, 0.6) is 0 Å². The fourth-order valence-corrected chi connectivity index (χ4v) is 10.1. The molecule has 33 heavy (non-hydrogen) atoms. The Labute approximate surface area is 221 Å². The SMILES string of the molecule is CC1=Cc2c(C)c3c(cc2=C1C(C)(C)C1=c2cc4c(c(C)c2C=C1C)=CC(Br)S4)SC(Br)C=3. The largest absolute Gasteiger partial charge is 0.106 e. The van der Waals surface area contributed by atoms with Gasteiger partial charge < -0.3 is 0 Å². The predicted octanol–water partition coefficient (Wildman–Crippen LogP) is 6.38. The number of benzene rings is 2. The Bertz CT molecular complexity index is 1480. The van der Waals surface area contributed by atoms with Gasteiger partial charge in [0.25, 0.3) is 0 Å². The van der Waals surface area contributed by atoms with E-state index in [-0.39, 0.29) is 5.41 Å². The Hall–Kier alpha value is -0.940. The van der Waals surface area contributed by atoms with Crippen molar-refractivity contribution in [2.75, 3.05) is 0 Å². The summed E-state index contributed by atoms with van der Waals surface area (Å²) in [6, 6.07) is 4.90. The molecular weight excluding hydrogens is 572 g/mol. The van der Waals surface area contributed by atoms with E-state index in [2.05, 4.69) is 110 Å². The van der Waals surface area contributed by atoms with Gasteiger partial charge in [0.05, 0.1) is 8.32 Å². The Kier molecular flexibility index (Phi) is 5.14. The highest BCUT2D eigenvalue weighted by atomic mass is 79.9. The van der Waals surface area contributed by atoms with Crippen molar-refractivity contribution in [1.29, 1.82) is 0 Å². The first-order chi connectivity index (χ1) is 15.6. The van der Waals surface area contributed by atoms with Crippen molar-refractivity contribution >= 4 is 90.8 Å². The van der Waals surface area contributed by atoms with Gasteiger partial charge in [0.2, 0.25) is 0 Å². The smallest absolute Gasteiger partial charge is 0.0836 e. The minimum Gasteiger partial charge on any atom is -0.106 e. The third-order valence-corrected chi connectivity index (χ3v) is 11.2. The number of allylic oxidation sites excluding steroid dienone is 2. The van der Waals surface area contributed by atoms with Crippen LogP contribution in [0.2, 0.25) is 0 Å². The van der Waals surface area contributed by atoms with Crippen LogP contribution >= 0.6 is 55.4 Å². The highest BCUT2D eigenvalue weighted by molar-refractivity contribution is 9.11. The molecule has 0 radical (unpaired) electrons. The van der Waals surface area contributed by atoms with Crippen LogP contribution < -0.4 is 20.9 Å². The zero-order chi connectivity index (χ0) is 23.4. The standard InChI is InChI=1S/C29H26Br2S2/c1-13-7-17-15(3)19-11-25(30)32-23(19)9-21(17)27(13)29(5,6)28-14(2)8-18-16(4)20-12-26(31)33-24(20)10-22(18)28/h7-12,25-26H,1-6H3. The van der Waals surface area contributed by atoms with Gasteiger partial charge in [-0.3, -0.25) is 0 Å². The fraction of sp³-hybridized carbons (Fsp3) is 0.310. The lowest BCUT2D eigenvalue weighted by Gasteiger charge is -2.31. The number of halogens is 2. The molecule has 0 amide bonds. The highest BCUT2D eigenvalue weighted by Crippen LogP contribution is 2.47. The van der Waals surface area contributed by atoms with Crippen molar-refractivity contribution in [2.45, 2.75) is 59.7 Å². The van der Waals surface area contributed by atoms with E-state index in [1.54, 1.807) is 0 Å². The van der Waals surface area contributed by atoms with Gasteiger partial charge >= 0.3 is 0 Å². The second-order valence-electron chi connectivity index (χ2n) is 10.1. The summed E-state index contributed by atoms with van der Waals surface area (Å²) < 4.78 is 0.739. The lowest BCUT2D eigenvalue weighted by atomic mass is 9.72. The molecule has 2 aromatic carbocycles. The van der Waals surface area contributed by atoms with Crippen molar-refractivity contribution in [2.24, 2.45) is 5.41 Å². The average Bonchev–Trinajstić information content (AvgIpc) is 3.45. The molecule has 2 aliphatic heterocycles. The second-order valence-corrected chi connectivity index (χ2v) is 15.6. The summed E-state index contributed by atoms with van der Waals surface area (Å²) in [6.45, 7) is 14.0. The number of hydrogen-bond acceptors (Lipinski definition) is 2. The van der Waals surface area contributed by atoms with Gasteiger partial charge in [-0.15, -0.1) is 23.5 Å². The Balaban J connectivity index is 1.66. The van der Waals surface area contributed by atoms with Gasteiger partial charge in [-0.05, 0) is 105 Å². The van der Waals surface area contributed by atoms with E-state index in [1.807, 2.05) is 23.5 Å². The van der Waals surface area contributed by atoms with Crippen molar-refractivity contribution in [1.82, 2.24) is 0 Å². The topological polar surface area (TPSA) is 0 Å². The minimum absolute atomic E-state index is 0.0966. The van der Waals surface area contributed by atoms with Crippen LogP contribution in [0.3, 0.4) is 0 Å². The van der Waals surface area contributed by atoms with Crippen LogP contribution in [-0.4, -0.2) is 8.32 Å². The second kappa shape index (κ2) is 7.53. The van der Waals surface area contributed by atoms with Gasteiger partial charge in [0.1, 0.15) is 0 Å². The summed E-state index contributed by atoms with van der Waals surface area (Å²) in [6.07, 6.45) is 9.55. The number of hydrogen-bond donors (Lipinski definition) is 0. The molecule has 2 heterocycles. The molecule has 168 valence electrons. The molecule has 0 spiro atoms. The molecule has 2 aliphatic carbocycles. The number of thioether (sulfide) groups is 2. The number of rotatable bonds is 2. The van der Waals surface area contributed by atoms with E-state index >= 15 is 0 Å². The predicted molar refractivity (Wildman–Crippen MR) is 155 cm³/mol. The summed E-state index contributed by atoms with van der Waals surface area (Å²) in [7, 11) is 0. The molecule has 2 atom stereocenters. The van der Waals surface area contributed by atoms with E-state index in [1.165, 1.54) is 75.2 Å². The quantitative estimate of drug-likeness (QED) is 0.369. The van der Waals surface area contributed by atoms with Crippen molar-refractivity contribution in [3.8, 4) is 0 Å². The van der Waals surface area contributed by atoms with E-state index in [0.29, 0.717) is 8.32 Å². The zero-order valence-electron chi connectivity index (χ0n) is 19.7. The first kappa shape index (κ1) is 22.5. The Morgan fingerprint density at radius 3 is 1.48 bits per heavy atom. The maximum atomic E-state index is 3.79.